The molecule has 0 aromatic rings. The van der Waals surface area contributed by atoms with Crippen molar-refractivity contribution < 1.29 is 4.79 Å². The third-order valence-electron chi connectivity index (χ3n) is 7.19. The van der Waals surface area contributed by atoms with Gasteiger partial charge in [-0.1, -0.05) is 13.8 Å². The zero-order valence-electron chi connectivity index (χ0n) is 12.8. The lowest BCUT2D eigenvalue weighted by atomic mass is 9.51. The van der Waals surface area contributed by atoms with Crippen molar-refractivity contribution in [3.63, 3.8) is 0 Å². The maximum atomic E-state index is 12.8. The fourth-order valence-electron chi connectivity index (χ4n) is 5.83. The molecule has 5 aliphatic rings. The molecule has 0 aromatic heterocycles. The molecule has 4 bridgehead atoms. The molecule has 2 unspecified atom stereocenters. The number of nitrogens with one attached hydrogen (secondary N) is 1. The van der Waals surface area contributed by atoms with E-state index in [2.05, 4.69) is 19.2 Å². The summed E-state index contributed by atoms with van der Waals surface area (Å²) in [7, 11) is 0. The summed E-state index contributed by atoms with van der Waals surface area (Å²) < 4.78 is 0. The first-order valence-corrected chi connectivity index (χ1v) is 8.51. The fraction of sp³-hybridized carbons (Fsp3) is 0.941. The summed E-state index contributed by atoms with van der Waals surface area (Å²) in [6.07, 6.45) is 7.67. The van der Waals surface area contributed by atoms with Crippen LogP contribution in [0.5, 0.6) is 0 Å². The highest BCUT2D eigenvalue weighted by Gasteiger charge is 2.53. The second-order valence-corrected chi connectivity index (χ2v) is 8.68. The Balaban J connectivity index is 1.44. The molecule has 20 heavy (non-hydrogen) atoms. The first-order chi connectivity index (χ1) is 9.45. The quantitative estimate of drug-likeness (QED) is 0.813. The van der Waals surface area contributed by atoms with Crippen molar-refractivity contribution in [2.75, 3.05) is 0 Å². The van der Waals surface area contributed by atoms with Crippen LogP contribution < -0.4 is 11.1 Å². The first kappa shape index (κ1) is 13.1. The third-order valence-corrected chi connectivity index (χ3v) is 7.19. The molecular weight excluding hydrogens is 248 g/mol. The highest BCUT2D eigenvalue weighted by Crippen LogP contribution is 2.56. The predicted molar refractivity (Wildman–Crippen MR) is 78.8 cm³/mol. The molecule has 5 aliphatic carbocycles. The van der Waals surface area contributed by atoms with Gasteiger partial charge in [-0.2, -0.15) is 0 Å². The van der Waals surface area contributed by atoms with E-state index in [1.807, 2.05) is 0 Å². The molecule has 2 atom stereocenters. The van der Waals surface area contributed by atoms with Gasteiger partial charge < -0.3 is 11.1 Å². The summed E-state index contributed by atoms with van der Waals surface area (Å²) in [6, 6.07) is 0.536. The summed E-state index contributed by atoms with van der Waals surface area (Å²) >= 11 is 0. The van der Waals surface area contributed by atoms with Crippen molar-refractivity contribution in [1.29, 1.82) is 0 Å². The van der Waals surface area contributed by atoms with Crippen LogP contribution in [0.1, 0.15) is 52.4 Å². The smallest absolute Gasteiger partial charge is 0.223 e. The van der Waals surface area contributed by atoms with Crippen molar-refractivity contribution in [3.8, 4) is 0 Å². The second kappa shape index (κ2) is 4.22. The van der Waals surface area contributed by atoms with E-state index in [0.717, 1.165) is 18.3 Å². The largest absolute Gasteiger partial charge is 0.352 e. The van der Waals surface area contributed by atoms with Gasteiger partial charge in [-0.25, -0.2) is 0 Å². The van der Waals surface area contributed by atoms with Gasteiger partial charge in [0.1, 0.15) is 0 Å². The fourth-order valence-corrected chi connectivity index (χ4v) is 5.83. The second-order valence-electron chi connectivity index (χ2n) is 8.68. The van der Waals surface area contributed by atoms with Crippen molar-refractivity contribution in [3.05, 3.63) is 0 Å². The van der Waals surface area contributed by atoms with E-state index in [1.54, 1.807) is 0 Å². The Bertz CT molecular complexity index is 403. The third kappa shape index (κ3) is 1.78. The van der Waals surface area contributed by atoms with Gasteiger partial charge in [-0.3, -0.25) is 4.79 Å². The number of carbonyl (C=O) groups is 1. The van der Waals surface area contributed by atoms with E-state index in [0.29, 0.717) is 29.7 Å². The normalized spacial score (nSPS) is 51.6. The van der Waals surface area contributed by atoms with Crippen LogP contribution in [-0.2, 0) is 4.79 Å². The first-order valence-electron chi connectivity index (χ1n) is 8.51. The van der Waals surface area contributed by atoms with Crippen LogP contribution in [-0.4, -0.2) is 18.0 Å². The summed E-state index contributed by atoms with van der Waals surface area (Å²) in [6.45, 7) is 4.37. The van der Waals surface area contributed by atoms with E-state index in [-0.39, 0.29) is 11.5 Å². The zero-order valence-corrected chi connectivity index (χ0v) is 12.8. The molecular formula is C17H28N2O. The Morgan fingerprint density at radius 2 is 1.55 bits per heavy atom. The molecule has 5 rings (SSSR count). The minimum absolute atomic E-state index is 0.0710. The Morgan fingerprint density at radius 1 is 1.00 bits per heavy atom. The average Bonchev–Trinajstić information content (AvgIpc) is 2.37. The van der Waals surface area contributed by atoms with E-state index in [1.165, 1.54) is 32.1 Å². The maximum absolute atomic E-state index is 12.8. The van der Waals surface area contributed by atoms with Crippen LogP contribution in [0.2, 0.25) is 0 Å². The molecule has 5 saturated carbocycles. The lowest BCUT2D eigenvalue weighted by molar-refractivity contribution is -0.141. The van der Waals surface area contributed by atoms with Gasteiger partial charge in [0.15, 0.2) is 0 Å². The molecule has 0 radical (unpaired) electrons. The summed E-state index contributed by atoms with van der Waals surface area (Å²) in [5.41, 5.74) is 6.14. The van der Waals surface area contributed by atoms with Crippen LogP contribution in [0.25, 0.3) is 0 Å². The van der Waals surface area contributed by atoms with Crippen LogP contribution in [0, 0.1) is 35.0 Å². The molecule has 3 N–H and O–H groups in total. The number of hydrogen-bond acceptors (Lipinski definition) is 2. The minimum atomic E-state index is 0.0710. The van der Waals surface area contributed by atoms with Gasteiger partial charge in [0.05, 0.1) is 0 Å². The van der Waals surface area contributed by atoms with E-state index >= 15 is 0 Å². The summed E-state index contributed by atoms with van der Waals surface area (Å²) in [5.74, 6) is 3.91. The van der Waals surface area contributed by atoms with Crippen LogP contribution in [0.3, 0.4) is 0 Å². The number of amides is 1. The topological polar surface area (TPSA) is 55.1 Å². The van der Waals surface area contributed by atoms with Gasteiger partial charge in [-0.05, 0) is 62.2 Å². The van der Waals surface area contributed by atoms with Gasteiger partial charge in [0.25, 0.3) is 0 Å². The molecule has 3 nitrogen and oxygen atoms in total. The average molecular weight is 276 g/mol. The molecule has 5 fully saturated rings. The van der Waals surface area contributed by atoms with Crippen molar-refractivity contribution >= 4 is 5.91 Å². The number of rotatable bonds is 2. The van der Waals surface area contributed by atoms with Crippen molar-refractivity contribution in [2.24, 2.45) is 40.7 Å². The molecule has 0 heterocycles. The molecule has 0 spiro atoms. The lowest BCUT2D eigenvalue weighted by Crippen LogP contribution is -2.66. The molecule has 3 heteroatoms. The van der Waals surface area contributed by atoms with Crippen molar-refractivity contribution in [2.45, 2.75) is 64.5 Å². The molecule has 112 valence electrons. The number of carbonyl (C=O) groups excluding carboxylic acids is 1. The Hall–Kier alpha value is -0.570. The monoisotopic (exact) mass is 276 g/mol. The van der Waals surface area contributed by atoms with E-state index in [4.69, 9.17) is 5.73 Å². The van der Waals surface area contributed by atoms with Crippen molar-refractivity contribution in [1.82, 2.24) is 5.32 Å². The SMILES string of the molecule is CC1(C)C(N)CC1NC(=O)C1C2CC3CC(C2)CC1C3. The van der Waals surface area contributed by atoms with Gasteiger partial charge in [0, 0.05) is 23.4 Å². The summed E-state index contributed by atoms with van der Waals surface area (Å²) in [5, 5.41) is 3.35. The highest BCUT2D eigenvalue weighted by molar-refractivity contribution is 5.80. The van der Waals surface area contributed by atoms with Crippen LogP contribution in [0.15, 0.2) is 0 Å². The molecule has 0 aromatic carbocycles. The number of hydrogen-bond donors (Lipinski definition) is 2. The standard InChI is InChI=1S/C17H28N2O/c1-17(2)13(18)8-14(17)19-16(20)15-11-4-9-3-10(6-11)7-12(15)5-9/h9-15H,3-8,18H2,1-2H3,(H,19,20). The minimum Gasteiger partial charge on any atom is -0.352 e. The summed E-state index contributed by atoms with van der Waals surface area (Å²) in [4.78, 5) is 12.8. The molecule has 0 aliphatic heterocycles. The predicted octanol–water partition coefficient (Wildman–Crippen LogP) is 2.30. The van der Waals surface area contributed by atoms with Gasteiger partial charge in [-0.15, -0.1) is 0 Å². The Morgan fingerprint density at radius 3 is 2.00 bits per heavy atom. The van der Waals surface area contributed by atoms with E-state index in [9.17, 15) is 4.79 Å². The maximum Gasteiger partial charge on any atom is 0.223 e. The highest BCUT2D eigenvalue weighted by atomic mass is 16.2. The molecule has 1 amide bonds. The molecule has 0 saturated heterocycles. The number of nitrogens with two attached hydrogens (primary N) is 1. The van der Waals surface area contributed by atoms with Crippen LogP contribution >= 0.6 is 0 Å². The van der Waals surface area contributed by atoms with Gasteiger partial charge >= 0.3 is 0 Å². The van der Waals surface area contributed by atoms with E-state index < -0.39 is 0 Å². The lowest BCUT2D eigenvalue weighted by Gasteiger charge is -2.55. The zero-order chi connectivity index (χ0) is 14.1. The Kier molecular flexibility index (Phi) is 2.77. The van der Waals surface area contributed by atoms with Gasteiger partial charge in [0.2, 0.25) is 5.91 Å². The van der Waals surface area contributed by atoms with Crippen LogP contribution in [0.4, 0.5) is 0 Å². The Labute approximate surface area is 122 Å².